The van der Waals surface area contributed by atoms with E-state index in [2.05, 4.69) is 25.4 Å². The fraction of sp³-hybridized carbons (Fsp3) is 0.933. The summed E-state index contributed by atoms with van der Waals surface area (Å²) < 4.78 is 0. The normalized spacial score (nSPS) is 25.3. The minimum Gasteiger partial charge on any atom is -0.353 e. The quantitative estimate of drug-likeness (QED) is 0.756. The highest BCUT2D eigenvalue weighted by molar-refractivity contribution is 7.99. The molecule has 0 aromatic carbocycles. The molecule has 1 atom stereocenters. The number of rotatable bonds is 7. The Morgan fingerprint density at radius 3 is 2.42 bits per heavy atom. The molecule has 0 saturated heterocycles. The summed E-state index contributed by atoms with van der Waals surface area (Å²) in [5.41, 5.74) is 5.76. The van der Waals surface area contributed by atoms with Crippen LogP contribution >= 0.6 is 11.8 Å². The van der Waals surface area contributed by atoms with Gasteiger partial charge in [-0.1, -0.05) is 13.8 Å². The molecule has 0 bridgehead atoms. The molecule has 1 fully saturated rings. The molecule has 0 radical (unpaired) electrons. The lowest BCUT2D eigenvalue weighted by molar-refractivity contribution is -0.123. The third-order valence-electron chi connectivity index (χ3n) is 3.98. The first-order valence-electron chi connectivity index (χ1n) is 7.57. The van der Waals surface area contributed by atoms with E-state index in [1.54, 1.807) is 0 Å². The summed E-state index contributed by atoms with van der Waals surface area (Å²) in [5, 5.41) is 3.99. The monoisotopic (exact) mass is 286 g/mol. The van der Waals surface area contributed by atoms with Crippen LogP contribution in [0.5, 0.6) is 0 Å². The summed E-state index contributed by atoms with van der Waals surface area (Å²) >= 11 is 1.96. The predicted molar refractivity (Wildman–Crippen MR) is 84.3 cm³/mol. The number of amides is 1. The summed E-state index contributed by atoms with van der Waals surface area (Å²) in [5.74, 6) is 1.14. The average Bonchev–Trinajstić information content (AvgIpc) is 2.38. The highest BCUT2D eigenvalue weighted by atomic mass is 32.2. The van der Waals surface area contributed by atoms with Crippen LogP contribution < -0.4 is 11.1 Å². The summed E-state index contributed by atoms with van der Waals surface area (Å²) in [7, 11) is 0. The largest absolute Gasteiger partial charge is 0.353 e. The smallest absolute Gasteiger partial charge is 0.220 e. The van der Waals surface area contributed by atoms with Gasteiger partial charge in [0.2, 0.25) is 5.91 Å². The van der Waals surface area contributed by atoms with Crippen molar-refractivity contribution >= 4 is 17.7 Å². The maximum absolute atomic E-state index is 12.0. The second-order valence-corrected chi connectivity index (χ2v) is 7.35. The van der Waals surface area contributed by atoms with Crippen molar-refractivity contribution in [1.29, 1.82) is 0 Å². The van der Waals surface area contributed by atoms with Crippen molar-refractivity contribution in [2.24, 2.45) is 17.6 Å². The second kappa shape index (κ2) is 8.85. The van der Waals surface area contributed by atoms with Crippen molar-refractivity contribution in [3.8, 4) is 0 Å². The van der Waals surface area contributed by atoms with E-state index in [4.69, 9.17) is 5.73 Å². The van der Waals surface area contributed by atoms with E-state index in [1.165, 1.54) is 12.8 Å². The van der Waals surface area contributed by atoms with Crippen LogP contribution in [0.4, 0.5) is 0 Å². The Morgan fingerprint density at radius 1 is 1.32 bits per heavy atom. The number of nitrogens with one attached hydrogen (secondary N) is 1. The van der Waals surface area contributed by atoms with Crippen LogP contribution in [0.1, 0.15) is 52.4 Å². The van der Waals surface area contributed by atoms with Crippen LogP contribution in [-0.4, -0.2) is 30.0 Å². The SMILES string of the molecule is CSC1CCC(NC(=O)CC(CN)CC(C)C)CC1. The van der Waals surface area contributed by atoms with Crippen LogP contribution in [0.3, 0.4) is 0 Å². The average molecular weight is 286 g/mol. The minimum absolute atomic E-state index is 0.198. The van der Waals surface area contributed by atoms with Gasteiger partial charge in [0.1, 0.15) is 0 Å². The molecule has 1 aliphatic carbocycles. The molecule has 0 aromatic heterocycles. The van der Waals surface area contributed by atoms with Crippen LogP contribution in [0.25, 0.3) is 0 Å². The van der Waals surface area contributed by atoms with E-state index in [9.17, 15) is 4.79 Å². The number of hydrogen-bond donors (Lipinski definition) is 2. The molecule has 0 spiro atoms. The maximum Gasteiger partial charge on any atom is 0.220 e. The Hall–Kier alpha value is -0.220. The summed E-state index contributed by atoms with van der Waals surface area (Å²) in [6.45, 7) is 4.99. The third kappa shape index (κ3) is 6.66. The molecule has 3 N–H and O–H groups in total. The first-order chi connectivity index (χ1) is 9.05. The highest BCUT2D eigenvalue weighted by Crippen LogP contribution is 2.27. The molecular formula is C15H30N2OS. The fourth-order valence-electron chi connectivity index (χ4n) is 2.92. The van der Waals surface area contributed by atoms with Crippen LogP contribution in [-0.2, 0) is 4.79 Å². The molecule has 1 saturated carbocycles. The van der Waals surface area contributed by atoms with E-state index in [1.807, 2.05) is 11.8 Å². The minimum atomic E-state index is 0.198. The van der Waals surface area contributed by atoms with Gasteiger partial charge < -0.3 is 11.1 Å². The van der Waals surface area contributed by atoms with E-state index >= 15 is 0 Å². The Morgan fingerprint density at radius 2 is 1.95 bits per heavy atom. The molecule has 4 heteroatoms. The van der Waals surface area contributed by atoms with E-state index in [0.29, 0.717) is 30.8 Å². The van der Waals surface area contributed by atoms with Gasteiger partial charge in [0.05, 0.1) is 0 Å². The Balaban J connectivity index is 2.27. The first kappa shape index (κ1) is 16.8. The number of hydrogen-bond acceptors (Lipinski definition) is 3. The topological polar surface area (TPSA) is 55.1 Å². The lowest BCUT2D eigenvalue weighted by atomic mass is 9.92. The molecular weight excluding hydrogens is 256 g/mol. The zero-order chi connectivity index (χ0) is 14.3. The van der Waals surface area contributed by atoms with Gasteiger partial charge in [0.25, 0.3) is 0 Å². The molecule has 1 rings (SSSR count). The number of carbonyl (C=O) groups excluding carboxylic acids is 1. The summed E-state index contributed by atoms with van der Waals surface area (Å²) in [4.78, 5) is 12.0. The number of carbonyl (C=O) groups is 1. The van der Waals surface area contributed by atoms with Gasteiger partial charge >= 0.3 is 0 Å². The maximum atomic E-state index is 12.0. The van der Waals surface area contributed by atoms with Gasteiger partial charge in [0.15, 0.2) is 0 Å². The third-order valence-corrected chi connectivity index (χ3v) is 5.12. The second-order valence-electron chi connectivity index (χ2n) is 6.21. The summed E-state index contributed by atoms with van der Waals surface area (Å²) in [6.07, 6.45) is 8.56. The molecule has 1 unspecified atom stereocenters. The summed E-state index contributed by atoms with van der Waals surface area (Å²) in [6, 6.07) is 0.397. The lowest BCUT2D eigenvalue weighted by Gasteiger charge is -2.28. The molecule has 1 aliphatic rings. The van der Waals surface area contributed by atoms with Crippen LogP contribution in [0.15, 0.2) is 0 Å². The van der Waals surface area contributed by atoms with Crippen molar-refractivity contribution < 1.29 is 4.79 Å². The van der Waals surface area contributed by atoms with Crippen molar-refractivity contribution in [3.63, 3.8) is 0 Å². The zero-order valence-corrected chi connectivity index (χ0v) is 13.5. The molecule has 112 valence electrons. The van der Waals surface area contributed by atoms with Gasteiger partial charge in [-0.2, -0.15) is 11.8 Å². The van der Waals surface area contributed by atoms with Crippen molar-refractivity contribution in [2.45, 2.75) is 63.7 Å². The molecule has 1 amide bonds. The van der Waals surface area contributed by atoms with Gasteiger partial charge in [-0.25, -0.2) is 0 Å². The lowest BCUT2D eigenvalue weighted by Crippen LogP contribution is -2.39. The van der Waals surface area contributed by atoms with E-state index in [-0.39, 0.29) is 5.91 Å². The van der Waals surface area contributed by atoms with Gasteiger partial charge in [-0.3, -0.25) is 4.79 Å². The van der Waals surface area contributed by atoms with Crippen molar-refractivity contribution in [1.82, 2.24) is 5.32 Å². The van der Waals surface area contributed by atoms with Crippen LogP contribution in [0.2, 0.25) is 0 Å². The molecule has 19 heavy (non-hydrogen) atoms. The van der Waals surface area contributed by atoms with Crippen molar-refractivity contribution in [3.05, 3.63) is 0 Å². The van der Waals surface area contributed by atoms with Crippen LogP contribution in [0, 0.1) is 11.8 Å². The molecule has 3 nitrogen and oxygen atoms in total. The predicted octanol–water partition coefficient (Wildman–Crippen LogP) is 2.79. The van der Waals surface area contributed by atoms with Gasteiger partial charge in [0, 0.05) is 17.7 Å². The highest BCUT2D eigenvalue weighted by Gasteiger charge is 2.22. The van der Waals surface area contributed by atoms with E-state index in [0.717, 1.165) is 24.5 Å². The number of thioether (sulfide) groups is 1. The first-order valence-corrected chi connectivity index (χ1v) is 8.86. The fourth-order valence-corrected chi connectivity index (χ4v) is 3.66. The molecule has 0 aromatic rings. The van der Waals surface area contributed by atoms with Gasteiger partial charge in [-0.05, 0) is 56.7 Å². The zero-order valence-electron chi connectivity index (χ0n) is 12.7. The molecule has 0 heterocycles. The van der Waals surface area contributed by atoms with E-state index < -0.39 is 0 Å². The Labute approximate surface area is 122 Å². The standard InChI is InChI=1S/C15H30N2OS/c1-11(2)8-12(10-16)9-15(18)17-13-4-6-14(19-3)7-5-13/h11-14H,4-10,16H2,1-3H3,(H,17,18). The Kier molecular flexibility index (Phi) is 7.84. The van der Waals surface area contributed by atoms with Crippen molar-refractivity contribution in [2.75, 3.05) is 12.8 Å². The Bertz CT molecular complexity index is 263. The van der Waals surface area contributed by atoms with Gasteiger partial charge in [-0.15, -0.1) is 0 Å². The molecule has 0 aliphatic heterocycles. The number of nitrogens with two attached hydrogens (primary N) is 1.